The highest BCUT2D eigenvalue weighted by molar-refractivity contribution is 6.33. The van der Waals surface area contributed by atoms with Crippen molar-refractivity contribution in [2.75, 3.05) is 6.61 Å². The highest BCUT2D eigenvalue weighted by Gasteiger charge is 2.35. The third kappa shape index (κ3) is 3.74. The molecule has 0 spiro atoms. The largest absolute Gasteiger partial charge is 0.452 e. The first-order valence-electron chi connectivity index (χ1n) is 6.80. The van der Waals surface area contributed by atoms with Gasteiger partial charge in [-0.25, -0.2) is 9.18 Å². The van der Waals surface area contributed by atoms with Gasteiger partial charge in [-0.15, -0.1) is 0 Å². The number of nitriles is 1. The van der Waals surface area contributed by atoms with Crippen molar-refractivity contribution < 1.29 is 18.7 Å². The van der Waals surface area contributed by atoms with Gasteiger partial charge < -0.3 is 10.1 Å². The molecule has 1 aromatic rings. The van der Waals surface area contributed by atoms with E-state index in [0.717, 1.165) is 25.0 Å². The lowest BCUT2D eigenvalue weighted by molar-refractivity contribution is -0.125. The Balaban J connectivity index is 1.91. The molecule has 22 heavy (non-hydrogen) atoms. The molecule has 116 valence electrons. The summed E-state index contributed by atoms with van der Waals surface area (Å²) in [5, 5.41) is 11.7. The number of rotatable bonds is 4. The lowest BCUT2D eigenvalue weighted by atomic mass is 10.00. The van der Waals surface area contributed by atoms with Crippen molar-refractivity contribution in [2.24, 2.45) is 0 Å². The normalized spacial score (nSPS) is 15.9. The average Bonchev–Trinajstić information content (AvgIpc) is 2.94. The Morgan fingerprint density at radius 1 is 1.41 bits per heavy atom. The van der Waals surface area contributed by atoms with Crippen LogP contribution in [-0.2, 0) is 9.53 Å². The number of esters is 1. The van der Waals surface area contributed by atoms with Crippen molar-refractivity contribution in [3.63, 3.8) is 0 Å². The van der Waals surface area contributed by atoms with Crippen LogP contribution in [0, 0.1) is 17.1 Å². The molecule has 1 N–H and O–H groups in total. The number of carbonyl (C=O) groups is 2. The lowest BCUT2D eigenvalue weighted by Crippen LogP contribution is -2.46. The molecule has 1 aliphatic carbocycles. The summed E-state index contributed by atoms with van der Waals surface area (Å²) < 4.78 is 17.7. The van der Waals surface area contributed by atoms with Gasteiger partial charge in [0, 0.05) is 0 Å². The second-order valence-corrected chi connectivity index (χ2v) is 5.56. The molecule has 1 aliphatic rings. The fourth-order valence-electron chi connectivity index (χ4n) is 2.41. The van der Waals surface area contributed by atoms with Crippen molar-refractivity contribution in [3.05, 3.63) is 34.6 Å². The summed E-state index contributed by atoms with van der Waals surface area (Å²) in [4.78, 5) is 23.6. The van der Waals surface area contributed by atoms with Gasteiger partial charge in [-0.05, 0) is 43.9 Å². The van der Waals surface area contributed by atoms with Crippen LogP contribution in [0.25, 0.3) is 0 Å². The minimum Gasteiger partial charge on any atom is -0.452 e. The van der Waals surface area contributed by atoms with Crippen LogP contribution in [0.3, 0.4) is 0 Å². The van der Waals surface area contributed by atoms with Crippen molar-refractivity contribution >= 4 is 23.5 Å². The topological polar surface area (TPSA) is 79.2 Å². The molecule has 0 aromatic heterocycles. The molecule has 0 radical (unpaired) electrons. The monoisotopic (exact) mass is 324 g/mol. The molecule has 0 aliphatic heterocycles. The number of hydrogen-bond acceptors (Lipinski definition) is 4. The molecule has 5 nitrogen and oxygen atoms in total. The average molecular weight is 325 g/mol. The molecule has 1 aromatic carbocycles. The van der Waals surface area contributed by atoms with Crippen LogP contribution in [0.15, 0.2) is 18.2 Å². The molecule has 0 atom stereocenters. The number of ether oxygens (including phenoxy) is 1. The fraction of sp³-hybridized carbons (Fsp3) is 0.400. The van der Waals surface area contributed by atoms with E-state index in [1.807, 2.05) is 0 Å². The third-order valence-electron chi connectivity index (χ3n) is 3.54. The zero-order chi connectivity index (χ0) is 16.2. The molecular weight excluding hydrogens is 311 g/mol. The van der Waals surface area contributed by atoms with Gasteiger partial charge in [-0.3, -0.25) is 4.79 Å². The van der Waals surface area contributed by atoms with Gasteiger partial charge in [0.15, 0.2) is 6.61 Å². The number of nitrogens with one attached hydrogen (secondary N) is 1. The Morgan fingerprint density at radius 2 is 2.09 bits per heavy atom. The first kappa shape index (κ1) is 16.2. The van der Waals surface area contributed by atoms with Crippen molar-refractivity contribution in [1.29, 1.82) is 5.26 Å². The van der Waals surface area contributed by atoms with Gasteiger partial charge in [-0.1, -0.05) is 11.6 Å². The van der Waals surface area contributed by atoms with E-state index in [9.17, 15) is 14.0 Å². The maximum Gasteiger partial charge on any atom is 0.340 e. The van der Waals surface area contributed by atoms with E-state index in [4.69, 9.17) is 21.6 Å². The SMILES string of the molecule is N#CC1(NC(=O)COC(=O)c2ccc(F)cc2Cl)CCCC1. The van der Waals surface area contributed by atoms with Gasteiger partial charge in [-0.2, -0.15) is 5.26 Å². The minimum absolute atomic E-state index is 0.0215. The van der Waals surface area contributed by atoms with Crippen LogP contribution in [-0.4, -0.2) is 24.0 Å². The molecular formula is C15H14ClFN2O3. The summed E-state index contributed by atoms with van der Waals surface area (Å²) in [6, 6.07) is 5.36. The summed E-state index contributed by atoms with van der Waals surface area (Å²) in [6.07, 6.45) is 2.93. The number of hydrogen-bond donors (Lipinski definition) is 1. The second kappa shape index (κ2) is 6.75. The van der Waals surface area contributed by atoms with Crippen LogP contribution >= 0.6 is 11.6 Å². The first-order valence-corrected chi connectivity index (χ1v) is 7.18. The molecule has 0 saturated heterocycles. The van der Waals surface area contributed by atoms with Crippen molar-refractivity contribution in [1.82, 2.24) is 5.32 Å². The van der Waals surface area contributed by atoms with E-state index in [1.54, 1.807) is 0 Å². The van der Waals surface area contributed by atoms with Crippen LogP contribution < -0.4 is 5.32 Å². The van der Waals surface area contributed by atoms with Crippen LogP contribution in [0.4, 0.5) is 4.39 Å². The highest BCUT2D eigenvalue weighted by atomic mass is 35.5. The Hall–Kier alpha value is -2.13. The van der Waals surface area contributed by atoms with Gasteiger partial charge in [0.1, 0.15) is 11.4 Å². The molecule has 0 heterocycles. The molecule has 7 heteroatoms. The zero-order valence-electron chi connectivity index (χ0n) is 11.7. The summed E-state index contributed by atoms with van der Waals surface area (Å²) in [6.45, 7) is -0.518. The Bertz CT molecular complexity index is 636. The Labute approximate surface area is 132 Å². The number of halogens is 2. The van der Waals surface area contributed by atoms with Crippen LogP contribution in [0.1, 0.15) is 36.0 Å². The first-order chi connectivity index (χ1) is 10.5. The summed E-state index contributed by atoms with van der Waals surface area (Å²) in [7, 11) is 0. The van der Waals surface area contributed by atoms with E-state index >= 15 is 0 Å². The predicted octanol–water partition coefficient (Wildman–Crippen LogP) is 2.59. The van der Waals surface area contributed by atoms with Gasteiger partial charge in [0.25, 0.3) is 5.91 Å². The third-order valence-corrected chi connectivity index (χ3v) is 3.85. The predicted molar refractivity (Wildman–Crippen MR) is 76.6 cm³/mol. The van der Waals surface area contributed by atoms with E-state index in [0.29, 0.717) is 12.8 Å². The van der Waals surface area contributed by atoms with Crippen molar-refractivity contribution in [2.45, 2.75) is 31.2 Å². The maximum absolute atomic E-state index is 12.9. The molecule has 0 bridgehead atoms. The smallest absolute Gasteiger partial charge is 0.340 e. The summed E-state index contributed by atoms with van der Waals surface area (Å²) in [5.41, 5.74) is -0.886. The number of benzene rings is 1. The lowest BCUT2D eigenvalue weighted by Gasteiger charge is -2.21. The quantitative estimate of drug-likeness (QED) is 0.863. The molecule has 0 unspecified atom stereocenters. The summed E-state index contributed by atoms with van der Waals surface area (Å²) in [5.74, 6) is -1.94. The van der Waals surface area contributed by atoms with Crippen molar-refractivity contribution in [3.8, 4) is 6.07 Å². The van der Waals surface area contributed by atoms with Crippen LogP contribution in [0.5, 0.6) is 0 Å². The van der Waals surface area contributed by atoms with Crippen LogP contribution in [0.2, 0.25) is 5.02 Å². The Kier molecular flexibility index (Phi) is 4.99. The highest BCUT2D eigenvalue weighted by Crippen LogP contribution is 2.28. The summed E-state index contributed by atoms with van der Waals surface area (Å²) >= 11 is 5.74. The molecule has 2 rings (SSSR count). The number of carbonyl (C=O) groups excluding carboxylic acids is 2. The van der Waals surface area contributed by atoms with Gasteiger partial charge in [0.05, 0.1) is 16.7 Å². The van der Waals surface area contributed by atoms with E-state index in [1.165, 1.54) is 6.07 Å². The zero-order valence-corrected chi connectivity index (χ0v) is 12.5. The van der Waals surface area contributed by atoms with E-state index < -0.39 is 29.8 Å². The molecule has 1 fully saturated rings. The molecule has 1 saturated carbocycles. The van der Waals surface area contributed by atoms with E-state index in [2.05, 4.69) is 11.4 Å². The second-order valence-electron chi connectivity index (χ2n) is 5.15. The van der Waals surface area contributed by atoms with Gasteiger partial charge >= 0.3 is 5.97 Å². The molecule has 1 amide bonds. The fourth-order valence-corrected chi connectivity index (χ4v) is 2.65. The number of amides is 1. The Morgan fingerprint density at radius 3 is 2.68 bits per heavy atom. The standard InChI is InChI=1S/C15H14ClFN2O3/c16-12-7-10(17)3-4-11(12)14(21)22-8-13(20)19-15(9-18)5-1-2-6-15/h3-4,7H,1-2,5-6,8H2,(H,19,20). The van der Waals surface area contributed by atoms with E-state index in [-0.39, 0.29) is 10.6 Å². The van der Waals surface area contributed by atoms with Gasteiger partial charge in [0.2, 0.25) is 0 Å². The minimum atomic E-state index is -0.864. The maximum atomic E-state index is 12.9. The number of nitrogens with zero attached hydrogens (tertiary/aromatic N) is 1.